The number of likely N-dealkylation sites (tertiary alicyclic amines) is 1. The highest BCUT2D eigenvalue weighted by molar-refractivity contribution is 6.03. The third kappa shape index (κ3) is 5.08. The van der Waals surface area contributed by atoms with Crippen LogP contribution in [0.2, 0.25) is 0 Å². The van der Waals surface area contributed by atoms with E-state index in [0.29, 0.717) is 24.9 Å². The second-order valence-electron chi connectivity index (χ2n) is 10.7. The Hall–Kier alpha value is -3.56. The number of ether oxygens (including phenoxy) is 1. The summed E-state index contributed by atoms with van der Waals surface area (Å²) in [7, 11) is 0. The van der Waals surface area contributed by atoms with E-state index in [-0.39, 0.29) is 5.91 Å². The number of morpholine rings is 1. The third-order valence-corrected chi connectivity index (χ3v) is 8.17. The van der Waals surface area contributed by atoms with Gasteiger partial charge in [0.05, 0.1) is 24.4 Å². The van der Waals surface area contributed by atoms with Gasteiger partial charge in [0.2, 0.25) is 0 Å². The lowest BCUT2D eigenvalue weighted by molar-refractivity contribution is 0.0793. The Bertz CT molecular complexity index is 1390. The molecule has 2 N–H and O–H groups in total. The summed E-state index contributed by atoms with van der Waals surface area (Å²) in [5.74, 6) is 8.14. The number of pyridine rings is 1. The predicted octanol–water partition coefficient (Wildman–Crippen LogP) is 5.49. The molecule has 0 spiro atoms. The number of nitrogens with two attached hydrogens (primary N) is 1. The molecule has 3 fully saturated rings. The lowest BCUT2D eigenvalue weighted by Crippen LogP contribution is -2.36. The standard InChI is InChI=1S/C32H36N4O2/c33-31-29(35-17-19-38-20-18-35)22-26-21-25(13-14-28(26)34-31)30-24(12-11-23-7-2-1-3-8-23)9-6-10-27(30)32(37)36-15-4-5-16-36/h6,9-10,13-14,21-23H,1-5,7-8,15-20H2,(H2,33,34). The first-order chi connectivity index (χ1) is 18.7. The van der Waals surface area contributed by atoms with E-state index in [2.05, 4.69) is 41.0 Å². The van der Waals surface area contributed by atoms with Crippen LogP contribution < -0.4 is 10.6 Å². The van der Waals surface area contributed by atoms with Crippen LogP contribution in [0.5, 0.6) is 0 Å². The summed E-state index contributed by atoms with van der Waals surface area (Å²) < 4.78 is 5.53. The van der Waals surface area contributed by atoms with Crippen molar-refractivity contribution < 1.29 is 9.53 Å². The van der Waals surface area contributed by atoms with Gasteiger partial charge in [0.1, 0.15) is 5.82 Å². The van der Waals surface area contributed by atoms with E-state index in [0.717, 1.165) is 77.9 Å². The van der Waals surface area contributed by atoms with Crippen molar-refractivity contribution in [3.05, 3.63) is 53.6 Å². The Kier molecular flexibility index (Phi) is 7.20. The second-order valence-corrected chi connectivity index (χ2v) is 10.7. The quantitative estimate of drug-likeness (QED) is 0.474. The van der Waals surface area contributed by atoms with Gasteiger partial charge in [0.25, 0.3) is 5.91 Å². The van der Waals surface area contributed by atoms with E-state index in [4.69, 9.17) is 15.5 Å². The average Bonchev–Trinajstić information content (AvgIpc) is 3.51. The summed E-state index contributed by atoms with van der Waals surface area (Å²) in [6.07, 6.45) is 8.29. The van der Waals surface area contributed by atoms with Gasteiger partial charge in [-0.15, -0.1) is 0 Å². The molecule has 0 atom stereocenters. The smallest absolute Gasteiger partial charge is 0.254 e. The van der Waals surface area contributed by atoms with Crippen LogP contribution in [0.3, 0.4) is 0 Å². The van der Waals surface area contributed by atoms with Gasteiger partial charge in [-0.05, 0) is 61.6 Å². The molecule has 0 bridgehead atoms. The van der Waals surface area contributed by atoms with Crippen molar-refractivity contribution >= 4 is 28.3 Å². The third-order valence-electron chi connectivity index (χ3n) is 8.17. The maximum absolute atomic E-state index is 13.7. The van der Waals surface area contributed by atoms with Gasteiger partial charge >= 0.3 is 0 Å². The number of anilines is 2. The highest BCUT2D eigenvalue weighted by Gasteiger charge is 2.24. The van der Waals surface area contributed by atoms with Crippen LogP contribution in [-0.2, 0) is 4.74 Å². The summed E-state index contributed by atoms with van der Waals surface area (Å²) in [6.45, 7) is 4.61. The fraction of sp³-hybridized carbons (Fsp3) is 0.438. The lowest BCUT2D eigenvalue weighted by Gasteiger charge is -2.29. The van der Waals surface area contributed by atoms with E-state index in [9.17, 15) is 4.79 Å². The van der Waals surface area contributed by atoms with Crippen LogP contribution >= 0.6 is 0 Å². The molecule has 1 aromatic heterocycles. The molecule has 1 saturated carbocycles. The minimum absolute atomic E-state index is 0.100. The molecule has 3 aliphatic rings. The number of nitrogens with zero attached hydrogens (tertiary/aromatic N) is 3. The first kappa shape index (κ1) is 24.8. The predicted molar refractivity (Wildman–Crippen MR) is 153 cm³/mol. The van der Waals surface area contributed by atoms with Crippen molar-refractivity contribution in [2.45, 2.75) is 44.9 Å². The first-order valence-electron chi connectivity index (χ1n) is 14.1. The zero-order valence-corrected chi connectivity index (χ0v) is 22.0. The first-order valence-corrected chi connectivity index (χ1v) is 14.1. The van der Waals surface area contributed by atoms with Crippen LogP contribution in [0, 0.1) is 17.8 Å². The normalized spacial score (nSPS) is 18.4. The average molecular weight is 509 g/mol. The van der Waals surface area contributed by atoms with Crippen LogP contribution in [-0.4, -0.2) is 55.2 Å². The largest absolute Gasteiger partial charge is 0.382 e. The van der Waals surface area contributed by atoms with Gasteiger partial charge in [-0.2, -0.15) is 0 Å². The highest BCUT2D eigenvalue weighted by atomic mass is 16.5. The molecule has 6 heteroatoms. The molecule has 0 unspecified atom stereocenters. The highest BCUT2D eigenvalue weighted by Crippen LogP contribution is 2.34. The minimum Gasteiger partial charge on any atom is -0.382 e. The zero-order chi connectivity index (χ0) is 25.9. The Balaban J connectivity index is 1.45. The molecule has 1 aliphatic carbocycles. The van der Waals surface area contributed by atoms with Crippen molar-refractivity contribution in [2.75, 3.05) is 50.0 Å². The molecule has 6 rings (SSSR count). The van der Waals surface area contributed by atoms with Crippen LogP contribution in [0.15, 0.2) is 42.5 Å². The molecule has 2 saturated heterocycles. The van der Waals surface area contributed by atoms with Crippen molar-refractivity contribution in [1.82, 2.24) is 9.88 Å². The Morgan fingerprint density at radius 1 is 0.947 bits per heavy atom. The number of rotatable bonds is 3. The van der Waals surface area contributed by atoms with Crippen LogP contribution in [0.4, 0.5) is 11.5 Å². The summed E-state index contributed by atoms with van der Waals surface area (Å²) in [4.78, 5) is 22.6. The molecular formula is C32H36N4O2. The monoisotopic (exact) mass is 508 g/mol. The summed E-state index contributed by atoms with van der Waals surface area (Å²) >= 11 is 0. The number of hydrogen-bond donors (Lipinski definition) is 1. The van der Waals surface area contributed by atoms with Crippen molar-refractivity contribution in [3.63, 3.8) is 0 Å². The van der Waals surface area contributed by atoms with Gasteiger partial charge < -0.3 is 20.3 Å². The van der Waals surface area contributed by atoms with Gasteiger partial charge in [0.15, 0.2) is 0 Å². The number of amides is 1. The summed E-state index contributed by atoms with van der Waals surface area (Å²) in [5.41, 5.74) is 11.7. The van der Waals surface area contributed by atoms with Crippen molar-refractivity contribution in [2.24, 2.45) is 5.92 Å². The van der Waals surface area contributed by atoms with Gasteiger partial charge in [0, 0.05) is 54.2 Å². The Labute approximate surface area is 225 Å². The summed E-state index contributed by atoms with van der Waals surface area (Å²) in [5, 5.41) is 1.01. The Morgan fingerprint density at radius 2 is 1.74 bits per heavy atom. The maximum atomic E-state index is 13.7. The number of fused-ring (bicyclic) bond motifs is 1. The minimum atomic E-state index is 0.100. The fourth-order valence-electron chi connectivity index (χ4n) is 6.06. The van der Waals surface area contributed by atoms with Crippen LogP contribution in [0.25, 0.3) is 22.0 Å². The number of carbonyl (C=O) groups excluding carboxylic acids is 1. The molecule has 2 aliphatic heterocycles. The molecule has 3 heterocycles. The van der Waals surface area contributed by atoms with Crippen molar-refractivity contribution in [3.8, 4) is 23.0 Å². The molecule has 0 radical (unpaired) electrons. The number of hydrogen-bond acceptors (Lipinski definition) is 5. The van der Waals surface area contributed by atoms with E-state index < -0.39 is 0 Å². The van der Waals surface area contributed by atoms with Gasteiger partial charge in [-0.3, -0.25) is 4.79 Å². The number of benzene rings is 2. The van der Waals surface area contributed by atoms with Crippen molar-refractivity contribution in [1.29, 1.82) is 0 Å². The fourth-order valence-corrected chi connectivity index (χ4v) is 6.06. The number of nitrogen functional groups attached to an aromatic ring is 1. The molecule has 38 heavy (non-hydrogen) atoms. The van der Waals surface area contributed by atoms with Gasteiger partial charge in [-0.25, -0.2) is 4.98 Å². The molecule has 3 aromatic rings. The van der Waals surface area contributed by atoms with E-state index in [1.54, 1.807) is 0 Å². The molecule has 196 valence electrons. The maximum Gasteiger partial charge on any atom is 0.254 e. The zero-order valence-electron chi connectivity index (χ0n) is 22.0. The number of aromatic nitrogens is 1. The lowest BCUT2D eigenvalue weighted by atomic mass is 9.88. The van der Waals surface area contributed by atoms with Crippen LogP contribution in [0.1, 0.15) is 60.9 Å². The van der Waals surface area contributed by atoms with E-state index in [1.807, 2.05) is 23.1 Å². The second kappa shape index (κ2) is 11.0. The molecule has 1 amide bonds. The Morgan fingerprint density at radius 3 is 2.53 bits per heavy atom. The number of carbonyl (C=O) groups is 1. The summed E-state index contributed by atoms with van der Waals surface area (Å²) in [6, 6.07) is 14.4. The van der Waals surface area contributed by atoms with E-state index in [1.165, 1.54) is 32.1 Å². The molecule has 6 nitrogen and oxygen atoms in total. The topological polar surface area (TPSA) is 71.7 Å². The SMILES string of the molecule is Nc1nc2ccc(-c3c(C#CC4CCCCC4)cccc3C(=O)N3CCCC3)cc2cc1N1CCOCC1. The van der Waals surface area contributed by atoms with E-state index >= 15 is 0 Å². The molecule has 2 aromatic carbocycles. The molecular weight excluding hydrogens is 472 g/mol. The van der Waals surface area contributed by atoms with Gasteiger partial charge in [-0.1, -0.05) is 43.2 Å².